The lowest BCUT2D eigenvalue weighted by atomic mass is 9.44. The molecule has 1 saturated heterocycles. The van der Waals surface area contributed by atoms with Gasteiger partial charge in [-0.2, -0.15) is 0 Å². The molecule has 0 amide bonds. The normalized spacial score (nSPS) is 52.1. The fraction of sp³-hybridized carbons (Fsp3) is 0.750. The summed E-state index contributed by atoms with van der Waals surface area (Å²) >= 11 is 0. The van der Waals surface area contributed by atoms with Crippen LogP contribution < -0.4 is 0 Å². The highest BCUT2D eigenvalue weighted by Gasteiger charge is 2.79. The van der Waals surface area contributed by atoms with E-state index in [2.05, 4.69) is 0 Å². The third kappa shape index (κ3) is 2.31. The second-order valence-electron chi connectivity index (χ2n) is 10.9. The molecule has 5 rings (SSSR count). The summed E-state index contributed by atoms with van der Waals surface area (Å²) in [7, 11) is 0. The third-order valence-corrected chi connectivity index (χ3v) is 9.19. The van der Waals surface area contributed by atoms with E-state index in [1.807, 2.05) is 6.92 Å². The molecule has 31 heavy (non-hydrogen) atoms. The van der Waals surface area contributed by atoms with Crippen LogP contribution in [-0.4, -0.2) is 57.7 Å². The molecule has 4 aliphatic carbocycles. The number of hydrogen-bond acceptors (Lipinski definition) is 6. The molecule has 0 bridgehead atoms. The van der Waals surface area contributed by atoms with Crippen LogP contribution in [0.2, 0.25) is 0 Å². The van der Waals surface area contributed by atoms with Gasteiger partial charge in [-0.05, 0) is 64.5 Å². The zero-order chi connectivity index (χ0) is 22.6. The number of ketones is 2. The van der Waals surface area contributed by atoms with Crippen molar-refractivity contribution in [2.24, 2.45) is 22.7 Å². The number of aliphatic hydroxyl groups is 2. The van der Waals surface area contributed by atoms with Gasteiger partial charge in [-0.15, -0.1) is 0 Å². The average molecular weight is 435 g/mol. The molecule has 0 radical (unpaired) electrons. The summed E-state index contributed by atoms with van der Waals surface area (Å²) in [6, 6.07) is 0. The van der Waals surface area contributed by atoms with Crippen molar-refractivity contribution >= 4 is 11.6 Å². The van der Waals surface area contributed by atoms with Crippen molar-refractivity contribution in [2.45, 2.75) is 82.6 Å². The fourth-order valence-corrected chi connectivity index (χ4v) is 7.93. The Balaban J connectivity index is 1.64. The average Bonchev–Trinajstić information content (AvgIpc) is 3.09. The lowest BCUT2D eigenvalue weighted by Crippen LogP contribution is -2.70. The lowest BCUT2D eigenvalue weighted by Gasteiger charge is -2.62. The Hall–Kier alpha value is -1.41. The number of carbonyl (C=O) groups is 2. The van der Waals surface area contributed by atoms with Crippen molar-refractivity contribution in [3.8, 4) is 0 Å². The van der Waals surface area contributed by atoms with Gasteiger partial charge in [0.2, 0.25) is 0 Å². The lowest BCUT2D eigenvalue weighted by molar-refractivity contribution is -0.246. The predicted molar refractivity (Wildman–Crippen MR) is 109 cm³/mol. The van der Waals surface area contributed by atoms with Crippen LogP contribution in [0.4, 0.5) is 4.39 Å². The van der Waals surface area contributed by atoms with Crippen LogP contribution in [0.25, 0.3) is 0 Å². The van der Waals surface area contributed by atoms with Gasteiger partial charge in [-0.3, -0.25) is 9.59 Å². The van der Waals surface area contributed by atoms with Gasteiger partial charge >= 0.3 is 0 Å². The predicted octanol–water partition coefficient (Wildman–Crippen LogP) is 2.42. The number of hydrogen-bond donors (Lipinski definition) is 2. The second kappa shape index (κ2) is 6.13. The van der Waals surface area contributed by atoms with E-state index in [0.717, 1.165) is 5.57 Å². The molecule has 8 atom stereocenters. The minimum atomic E-state index is -1.98. The van der Waals surface area contributed by atoms with E-state index < -0.39 is 58.4 Å². The van der Waals surface area contributed by atoms with Gasteiger partial charge in [0.15, 0.2) is 28.6 Å². The van der Waals surface area contributed by atoms with E-state index in [1.54, 1.807) is 26.8 Å². The van der Waals surface area contributed by atoms with Crippen molar-refractivity contribution in [1.29, 1.82) is 0 Å². The minimum Gasteiger partial charge on any atom is -0.390 e. The topological polar surface area (TPSA) is 93.1 Å². The van der Waals surface area contributed by atoms with Crippen LogP contribution in [0.3, 0.4) is 0 Å². The SMILES string of the molecule is CC1(C)O[C@@H]2CC3[C@@H]4CCC5=CC(=O)C=C[C@]5(C)[C@@]4(F)C(O)C[C@]3(C)[C@]2(C(=O)CO)O1. The first kappa shape index (κ1) is 21.4. The van der Waals surface area contributed by atoms with Gasteiger partial charge in [-0.25, -0.2) is 4.39 Å². The van der Waals surface area contributed by atoms with Crippen molar-refractivity contribution in [1.82, 2.24) is 0 Å². The Bertz CT molecular complexity index is 925. The van der Waals surface area contributed by atoms with Crippen LogP contribution in [0.15, 0.2) is 23.8 Å². The van der Waals surface area contributed by atoms with Crippen molar-refractivity contribution in [2.75, 3.05) is 6.61 Å². The van der Waals surface area contributed by atoms with Gasteiger partial charge < -0.3 is 19.7 Å². The monoisotopic (exact) mass is 434 g/mol. The molecule has 4 fully saturated rings. The Morgan fingerprint density at radius 1 is 1.26 bits per heavy atom. The molecule has 1 aliphatic heterocycles. The van der Waals surface area contributed by atoms with Crippen LogP contribution in [0.5, 0.6) is 0 Å². The summed E-state index contributed by atoms with van der Waals surface area (Å²) < 4.78 is 29.5. The molecule has 2 unspecified atom stereocenters. The largest absolute Gasteiger partial charge is 0.390 e. The Morgan fingerprint density at radius 3 is 2.65 bits per heavy atom. The summed E-state index contributed by atoms with van der Waals surface area (Å²) in [4.78, 5) is 25.1. The first-order chi connectivity index (χ1) is 14.4. The number of aliphatic hydroxyl groups excluding tert-OH is 2. The van der Waals surface area contributed by atoms with Gasteiger partial charge in [-0.1, -0.05) is 18.6 Å². The van der Waals surface area contributed by atoms with E-state index in [4.69, 9.17) is 9.47 Å². The molecule has 2 N–H and O–H groups in total. The van der Waals surface area contributed by atoms with E-state index >= 15 is 4.39 Å². The van der Waals surface area contributed by atoms with E-state index in [9.17, 15) is 19.8 Å². The van der Waals surface area contributed by atoms with Gasteiger partial charge in [0.1, 0.15) is 6.61 Å². The van der Waals surface area contributed by atoms with Gasteiger partial charge in [0, 0.05) is 16.7 Å². The minimum absolute atomic E-state index is 0.0109. The van der Waals surface area contributed by atoms with Crippen LogP contribution >= 0.6 is 0 Å². The molecule has 3 saturated carbocycles. The fourth-order valence-electron chi connectivity index (χ4n) is 7.93. The first-order valence-corrected chi connectivity index (χ1v) is 11.2. The van der Waals surface area contributed by atoms with E-state index in [1.165, 1.54) is 12.2 Å². The number of Topliss-reactive ketones (excluding diaryl/α,β-unsaturated/α-hetero) is 1. The molecule has 0 aromatic rings. The molecule has 0 spiro atoms. The molecule has 0 aromatic carbocycles. The standard InChI is InChI=1S/C24H31FO6/c1-20(2)30-19-10-16-15-6-5-13-9-14(27)7-8-21(13,3)23(15,25)17(28)11-22(16,4)24(19,31-20)18(29)12-26/h7-9,15-17,19,26,28H,5-6,10-12H2,1-4H3/t15-,16?,17?,19+,21-,22-,23-,24+/m0/s1. The Kier molecular flexibility index (Phi) is 4.24. The molecule has 1 heterocycles. The van der Waals surface area contributed by atoms with Crippen LogP contribution in [0.1, 0.15) is 53.4 Å². The van der Waals surface area contributed by atoms with Crippen LogP contribution in [-0.2, 0) is 19.1 Å². The summed E-state index contributed by atoms with van der Waals surface area (Å²) in [6.07, 6.45) is 4.00. The molecule has 5 aliphatic rings. The summed E-state index contributed by atoms with van der Waals surface area (Å²) in [6.45, 7) is 6.41. The number of fused-ring (bicyclic) bond motifs is 7. The van der Waals surface area contributed by atoms with E-state index in [-0.39, 0.29) is 18.1 Å². The Morgan fingerprint density at radius 2 is 1.97 bits per heavy atom. The second-order valence-corrected chi connectivity index (χ2v) is 10.9. The Labute approximate surface area is 181 Å². The number of halogens is 1. The number of carbonyl (C=O) groups excluding carboxylic acids is 2. The molecular weight excluding hydrogens is 403 g/mol. The van der Waals surface area contributed by atoms with E-state index in [0.29, 0.717) is 19.3 Å². The molecule has 6 nitrogen and oxygen atoms in total. The highest BCUT2D eigenvalue weighted by Crippen LogP contribution is 2.72. The maximum atomic E-state index is 17.1. The number of ether oxygens (including phenoxy) is 2. The number of allylic oxidation sites excluding steroid dienone is 4. The first-order valence-electron chi connectivity index (χ1n) is 11.2. The van der Waals surface area contributed by atoms with Crippen molar-refractivity contribution < 1.29 is 33.7 Å². The summed E-state index contributed by atoms with van der Waals surface area (Å²) in [5, 5.41) is 21.2. The zero-order valence-corrected chi connectivity index (χ0v) is 18.5. The molecule has 0 aromatic heterocycles. The van der Waals surface area contributed by atoms with Crippen LogP contribution in [0, 0.1) is 22.7 Å². The van der Waals surface area contributed by atoms with Gasteiger partial charge in [0.25, 0.3) is 0 Å². The molecule has 170 valence electrons. The summed E-state index contributed by atoms with van der Waals surface area (Å²) in [5.74, 6) is -2.46. The van der Waals surface area contributed by atoms with Crippen molar-refractivity contribution in [3.05, 3.63) is 23.8 Å². The smallest absolute Gasteiger partial charge is 0.193 e. The molecular formula is C24H31FO6. The highest BCUT2D eigenvalue weighted by molar-refractivity contribution is 6.01. The zero-order valence-electron chi connectivity index (χ0n) is 18.5. The maximum absolute atomic E-state index is 17.1. The highest BCUT2D eigenvalue weighted by atomic mass is 19.1. The maximum Gasteiger partial charge on any atom is 0.193 e. The third-order valence-electron chi connectivity index (χ3n) is 9.19. The quantitative estimate of drug-likeness (QED) is 0.694. The number of alkyl halides is 1. The van der Waals surface area contributed by atoms with Gasteiger partial charge in [0.05, 0.1) is 12.2 Å². The van der Waals surface area contributed by atoms with Crippen molar-refractivity contribution in [3.63, 3.8) is 0 Å². The summed E-state index contributed by atoms with van der Waals surface area (Å²) in [5.41, 5.74) is -4.66. The molecule has 7 heteroatoms. The number of rotatable bonds is 2.